The van der Waals surface area contributed by atoms with Gasteiger partial charge in [0.1, 0.15) is 11.3 Å². The Balaban J connectivity index is 2.74. The highest BCUT2D eigenvalue weighted by molar-refractivity contribution is 5.87. The zero-order chi connectivity index (χ0) is 12.4. The van der Waals surface area contributed by atoms with Crippen molar-refractivity contribution in [1.82, 2.24) is 4.98 Å². The fourth-order valence-corrected chi connectivity index (χ4v) is 1.91. The van der Waals surface area contributed by atoms with Crippen LogP contribution >= 0.6 is 0 Å². The zero-order valence-electron chi connectivity index (χ0n) is 10.3. The molecule has 4 nitrogen and oxygen atoms in total. The molecule has 0 amide bonds. The Morgan fingerprint density at radius 1 is 1.35 bits per heavy atom. The molecular weight excluding hydrogens is 214 g/mol. The second-order valence-corrected chi connectivity index (χ2v) is 4.25. The lowest BCUT2D eigenvalue weighted by atomic mass is 10.1. The SMILES string of the molecule is COc1cccc2cc(NN)c(C(C)C)nc12. The Morgan fingerprint density at radius 2 is 2.12 bits per heavy atom. The standard InChI is InChI=1S/C13H17N3O/c1-8(2)12-10(16-14)7-9-5-4-6-11(17-3)13(9)15-12/h4-8,16H,14H2,1-3H3. The number of nitrogen functional groups attached to an aromatic ring is 1. The molecule has 0 radical (unpaired) electrons. The van der Waals surface area contributed by atoms with Crippen LogP contribution < -0.4 is 16.0 Å². The van der Waals surface area contributed by atoms with Gasteiger partial charge in [0.25, 0.3) is 0 Å². The first-order chi connectivity index (χ1) is 8.17. The van der Waals surface area contributed by atoms with Gasteiger partial charge >= 0.3 is 0 Å². The van der Waals surface area contributed by atoms with E-state index in [1.54, 1.807) is 7.11 Å². The number of ether oxygens (including phenoxy) is 1. The first-order valence-electron chi connectivity index (χ1n) is 5.61. The van der Waals surface area contributed by atoms with E-state index < -0.39 is 0 Å². The average molecular weight is 231 g/mol. The van der Waals surface area contributed by atoms with E-state index in [1.807, 2.05) is 24.3 Å². The molecule has 0 aliphatic rings. The van der Waals surface area contributed by atoms with Crippen LogP contribution in [0.2, 0.25) is 0 Å². The van der Waals surface area contributed by atoms with Crippen LogP contribution in [0.15, 0.2) is 24.3 Å². The molecule has 0 saturated heterocycles. The fourth-order valence-electron chi connectivity index (χ4n) is 1.91. The number of pyridine rings is 1. The average Bonchev–Trinajstić information content (AvgIpc) is 2.36. The number of aromatic nitrogens is 1. The van der Waals surface area contributed by atoms with E-state index in [-0.39, 0.29) is 0 Å². The van der Waals surface area contributed by atoms with E-state index in [4.69, 9.17) is 10.6 Å². The molecule has 17 heavy (non-hydrogen) atoms. The van der Waals surface area contributed by atoms with Gasteiger partial charge in [-0.3, -0.25) is 5.84 Å². The van der Waals surface area contributed by atoms with Crippen LogP contribution in [0.1, 0.15) is 25.5 Å². The molecule has 2 rings (SSSR count). The van der Waals surface area contributed by atoms with Gasteiger partial charge in [-0.1, -0.05) is 26.0 Å². The molecule has 0 bridgehead atoms. The summed E-state index contributed by atoms with van der Waals surface area (Å²) in [5.74, 6) is 6.62. The van der Waals surface area contributed by atoms with Crippen LogP contribution in [0, 0.1) is 0 Å². The number of para-hydroxylation sites is 1. The number of fused-ring (bicyclic) bond motifs is 1. The summed E-state index contributed by atoms with van der Waals surface area (Å²) < 4.78 is 5.32. The van der Waals surface area contributed by atoms with Crippen LogP contribution in [-0.2, 0) is 0 Å². The van der Waals surface area contributed by atoms with Crippen LogP contribution in [0.4, 0.5) is 5.69 Å². The van der Waals surface area contributed by atoms with E-state index in [9.17, 15) is 0 Å². The molecule has 0 aliphatic heterocycles. The molecule has 2 aromatic rings. The number of anilines is 1. The van der Waals surface area contributed by atoms with Gasteiger partial charge in [0.2, 0.25) is 0 Å². The summed E-state index contributed by atoms with van der Waals surface area (Å²) in [5, 5.41) is 1.02. The summed E-state index contributed by atoms with van der Waals surface area (Å²) in [4.78, 5) is 4.65. The minimum atomic E-state index is 0.301. The van der Waals surface area contributed by atoms with Crippen molar-refractivity contribution >= 4 is 16.6 Å². The third-order valence-electron chi connectivity index (χ3n) is 2.76. The smallest absolute Gasteiger partial charge is 0.145 e. The largest absolute Gasteiger partial charge is 0.494 e. The van der Waals surface area contributed by atoms with Crippen LogP contribution in [0.25, 0.3) is 10.9 Å². The summed E-state index contributed by atoms with van der Waals surface area (Å²) >= 11 is 0. The van der Waals surface area contributed by atoms with Crippen molar-refractivity contribution in [2.45, 2.75) is 19.8 Å². The van der Waals surface area contributed by atoms with E-state index in [0.717, 1.165) is 28.0 Å². The molecule has 1 heterocycles. The lowest BCUT2D eigenvalue weighted by Gasteiger charge is -2.14. The van der Waals surface area contributed by atoms with E-state index in [1.165, 1.54) is 0 Å². The Hall–Kier alpha value is -1.81. The minimum absolute atomic E-state index is 0.301. The summed E-state index contributed by atoms with van der Waals surface area (Å²) in [6.07, 6.45) is 0. The highest BCUT2D eigenvalue weighted by atomic mass is 16.5. The van der Waals surface area contributed by atoms with Crippen LogP contribution in [-0.4, -0.2) is 12.1 Å². The lowest BCUT2D eigenvalue weighted by Crippen LogP contribution is -2.11. The number of nitrogens with two attached hydrogens (primary N) is 1. The summed E-state index contributed by atoms with van der Waals surface area (Å²) in [6.45, 7) is 4.18. The molecule has 0 unspecified atom stereocenters. The lowest BCUT2D eigenvalue weighted by molar-refractivity contribution is 0.419. The molecule has 1 aromatic heterocycles. The number of methoxy groups -OCH3 is 1. The quantitative estimate of drug-likeness (QED) is 0.629. The second-order valence-electron chi connectivity index (χ2n) is 4.25. The maximum atomic E-state index is 5.53. The number of hydrazine groups is 1. The van der Waals surface area contributed by atoms with E-state index in [0.29, 0.717) is 5.92 Å². The number of hydrogen-bond acceptors (Lipinski definition) is 4. The van der Waals surface area contributed by atoms with Crippen molar-refractivity contribution in [3.05, 3.63) is 30.0 Å². The molecule has 0 fully saturated rings. The molecule has 0 atom stereocenters. The molecule has 0 saturated carbocycles. The predicted molar refractivity (Wildman–Crippen MR) is 70.2 cm³/mol. The Kier molecular flexibility index (Phi) is 3.15. The topological polar surface area (TPSA) is 60.2 Å². The first kappa shape index (κ1) is 11.7. The van der Waals surface area contributed by atoms with Gasteiger partial charge in [-0.25, -0.2) is 4.98 Å². The van der Waals surface area contributed by atoms with Gasteiger partial charge < -0.3 is 10.2 Å². The molecular formula is C13H17N3O. The maximum Gasteiger partial charge on any atom is 0.145 e. The number of hydrogen-bond donors (Lipinski definition) is 2. The maximum absolute atomic E-state index is 5.53. The van der Waals surface area contributed by atoms with Crippen molar-refractivity contribution < 1.29 is 4.74 Å². The second kappa shape index (κ2) is 4.59. The third-order valence-corrected chi connectivity index (χ3v) is 2.76. The molecule has 1 aromatic carbocycles. The van der Waals surface area contributed by atoms with E-state index in [2.05, 4.69) is 24.3 Å². The monoisotopic (exact) mass is 231 g/mol. The molecule has 0 spiro atoms. The molecule has 90 valence electrons. The third kappa shape index (κ3) is 2.03. The van der Waals surface area contributed by atoms with Gasteiger partial charge in [0.05, 0.1) is 18.5 Å². The van der Waals surface area contributed by atoms with Crippen molar-refractivity contribution in [3.8, 4) is 5.75 Å². The number of benzene rings is 1. The van der Waals surface area contributed by atoms with Gasteiger partial charge in [-0.05, 0) is 18.1 Å². The van der Waals surface area contributed by atoms with Crippen molar-refractivity contribution in [2.24, 2.45) is 5.84 Å². The van der Waals surface area contributed by atoms with Crippen molar-refractivity contribution in [2.75, 3.05) is 12.5 Å². The minimum Gasteiger partial charge on any atom is -0.494 e. The van der Waals surface area contributed by atoms with E-state index >= 15 is 0 Å². The Bertz CT molecular complexity index is 537. The van der Waals surface area contributed by atoms with Crippen LogP contribution in [0.3, 0.4) is 0 Å². The summed E-state index contributed by atoms with van der Waals surface area (Å²) in [6, 6.07) is 7.85. The number of nitrogens with one attached hydrogen (secondary N) is 1. The molecule has 3 N–H and O–H groups in total. The normalized spacial score (nSPS) is 10.9. The van der Waals surface area contributed by atoms with Gasteiger partial charge in [0.15, 0.2) is 0 Å². The van der Waals surface area contributed by atoms with Gasteiger partial charge in [0, 0.05) is 5.39 Å². The highest BCUT2D eigenvalue weighted by Gasteiger charge is 2.11. The fraction of sp³-hybridized carbons (Fsp3) is 0.308. The van der Waals surface area contributed by atoms with Crippen molar-refractivity contribution in [3.63, 3.8) is 0 Å². The Labute approximate surface area is 101 Å². The van der Waals surface area contributed by atoms with Crippen LogP contribution in [0.5, 0.6) is 5.75 Å². The number of rotatable bonds is 3. The van der Waals surface area contributed by atoms with Gasteiger partial charge in [-0.2, -0.15) is 0 Å². The zero-order valence-corrected chi connectivity index (χ0v) is 10.3. The molecule has 4 heteroatoms. The highest BCUT2D eigenvalue weighted by Crippen LogP contribution is 2.30. The summed E-state index contributed by atoms with van der Waals surface area (Å²) in [7, 11) is 1.65. The summed E-state index contributed by atoms with van der Waals surface area (Å²) in [5.41, 5.74) is 5.39. The Morgan fingerprint density at radius 3 is 2.71 bits per heavy atom. The van der Waals surface area contributed by atoms with Gasteiger partial charge in [-0.15, -0.1) is 0 Å². The molecule has 0 aliphatic carbocycles. The predicted octanol–water partition coefficient (Wildman–Crippen LogP) is 2.65. The number of nitrogens with zero attached hydrogens (tertiary/aromatic N) is 1. The first-order valence-corrected chi connectivity index (χ1v) is 5.61. The van der Waals surface area contributed by atoms with Crippen molar-refractivity contribution in [1.29, 1.82) is 0 Å².